The van der Waals surface area contributed by atoms with Crippen molar-refractivity contribution in [3.63, 3.8) is 0 Å². The molecule has 3 heteroatoms. The van der Waals surface area contributed by atoms with E-state index >= 15 is 0 Å². The molecule has 0 amide bonds. The van der Waals surface area contributed by atoms with E-state index in [1.165, 1.54) is 23.2 Å². The standard InChI is InChI=1S/C16H28N2O/c1-5-10-18(6-2)16-8-7-14(3)12-15(16)13-17-9-11-19-4/h7-8,12,17H,5-6,9-11,13H2,1-4H3. The number of benzene rings is 1. The molecule has 0 radical (unpaired) electrons. The van der Waals surface area contributed by atoms with E-state index in [2.05, 4.69) is 49.2 Å². The second kappa shape index (κ2) is 8.94. The van der Waals surface area contributed by atoms with Crippen molar-refractivity contribution in [2.45, 2.75) is 33.7 Å². The van der Waals surface area contributed by atoms with Crippen LogP contribution in [0.4, 0.5) is 5.69 Å². The molecule has 0 saturated heterocycles. The lowest BCUT2D eigenvalue weighted by Gasteiger charge is -2.26. The van der Waals surface area contributed by atoms with E-state index in [1.807, 2.05) is 0 Å². The summed E-state index contributed by atoms with van der Waals surface area (Å²) in [7, 11) is 1.74. The fourth-order valence-corrected chi connectivity index (χ4v) is 2.28. The highest BCUT2D eigenvalue weighted by Crippen LogP contribution is 2.22. The number of nitrogens with one attached hydrogen (secondary N) is 1. The number of rotatable bonds is 9. The smallest absolute Gasteiger partial charge is 0.0587 e. The van der Waals surface area contributed by atoms with Gasteiger partial charge in [-0.05, 0) is 31.9 Å². The summed E-state index contributed by atoms with van der Waals surface area (Å²) in [5.41, 5.74) is 4.06. The van der Waals surface area contributed by atoms with Crippen molar-refractivity contribution in [3.8, 4) is 0 Å². The third-order valence-electron chi connectivity index (χ3n) is 3.25. The Morgan fingerprint density at radius 3 is 2.68 bits per heavy atom. The molecular formula is C16H28N2O. The summed E-state index contributed by atoms with van der Waals surface area (Å²) < 4.78 is 5.07. The van der Waals surface area contributed by atoms with Crippen LogP contribution in [-0.2, 0) is 11.3 Å². The summed E-state index contributed by atoms with van der Waals surface area (Å²) >= 11 is 0. The summed E-state index contributed by atoms with van der Waals surface area (Å²) in [5.74, 6) is 0. The first-order valence-electron chi connectivity index (χ1n) is 7.27. The first-order chi connectivity index (χ1) is 9.22. The highest BCUT2D eigenvalue weighted by molar-refractivity contribution is 5.55. The van der Waals surface area contributed by atoms with Gasteiger partial charge in [-0.25, -0.2) is 0 Å². The van der Waals surface area contributed by atoms with E-state index in [1.54, 1.807) is 7.11 Å². The number of hydrogen-bond donors (Lipinski definition) is 1. The van der Waals surface area contributed by atoms with Crippen molar-refractivity contribution in [2.75, 3.05) is 38.3 Å². The quantitative estimate of drug-likeness (QED) is 0.694. The molecule has 108 valence electrons. The van der Waals surface area contributed by atoms with Crippen LogP contribution in [0, 0.1) is 6.92 Å². The zero-order valence-electron chi connectivity index (χ0n) is 12.8. The first-order valence-corrected chi connectivity index (χ1v) is 7.27. The maximum Gasteiger partial charge on any atom is 0.0587 e. The minimum Gasteiger partial charge on any atom is -0.383 e. The van der Waals surface area contributed by atoms with E-state index in [9.17, 15) is 0 Å². The molecule has 0 aliphatic carbocycles. The molecule has 0 spiro atoms. The maximum absolute atomic E-state index is 5.07. The average molecular weight is 264 g/mol. The predicted molar refractivity (Wildman–Crippen MR) is 82.9 cm³/mol. The zero-order chi connectivity index (χ0) is 14.1. The topological polar surface area (TPSA) is 24.5 Å². The van der Waals surface area contributed by atoms with Gasteiger partial charge < -0.3 is 15.0 Å². The number of ether oxygens (including phenoxy) is 1. The van der Waals surface area contributed by atoms with Crippen molar-refractivity contribution in [1.82, 2.24) is 5.32 Å². The van der Waals surface area contributed by atoms with Gasteiger partial charge in [-0.3, -0.25) is 0 Å². The van der Waals surface area contributed by atoms with E-state index in [0.29, 0.717) is 0 Å². The van der Waals surface area contributed by atoms with Crippen molar-refractivity contribution in [1.29, 1.82) is 0 Å². The SMILES string of the molecule is CCCN(CC)c1ccc(C)cc1CNCCOC. The third-order valence-corrected chi connectivity index (χ3v) is 3.25. The van der Waals surface area contributed by atoms with E-state index in [0.717, 1.165) is 32.8 Å². The number of methoxy groups -OCH3 is 1. The fourth-order valence-electron chi connectivity index (χ4n) is 2.28. The molecule has 0 fully saturated rings. The Balaban J connectivity index is 2.78. The number of aryl methyl sites for hydroxylation is 1. The third kappa shape index (κ3) is 5.21. The molecule has 0 aliphatic heterocycles. The van der Waals surface area contributed by atoms with E-state index in [-0.39, 0.29) is 0 Å². The Kier molecular flexibility index (Phi) is 7.53. The molecule has 0 aliphatic rings. The molecule has 1 aromatic carbocycles. The van der Waals surface area contributed by atoms with Crippen LogP contribution in [0.5, 0.6) is 0 Å². The minimum atomic E-state index is 0.758. The largest absolute Gasteiger partial charge is 0.383 e. The second-order valence-electron chi connectivity index (χ2n) is 4.88. The molecule has 0 saturated carbocycles. The fraction of sp³-hybridized carbons (Fsp3) is 0.625. The van der Waals surface area contributed by atoms with Crippen LogP contribution in [0.15, 0.2) is 18.2 Å². The number of nitrogens with zero attached hydrogens (tertiary/aromatic N) is 1. The summed E-state index contributed by atoms with van der Waals surface area (Å²) in [6.07, 6.45) is 1.18. The van der Waals surface area contributed by atoms with Crippen LogP contribution < -0.4 is 10.2 Å². The lowest BCUT2D eigenvalue weighted by molar-refractivity contribution is 0.199. The van der Waals surface area contributed by atoms with Gasteiger partial charge in [-0.1, -0.05) is 24.6 Å². The maximum atomic E-state index is 5.07. The van der Waals surface area contributed by atoms with Gasteiger partial charge in [0.15, 0.2) is 0 Å². The number of anilines is 1. The molecule has 3 nitrogen and oxygen atoms in total. The summed E-state index contributed by atoms with van der Waals surface area (Å²) in [5, 5.41) is 3.44. The number of hydrogen-bond acceptors (Lipinski definition) is 3. The van der Waals surface area contributed by atoms with Gasteiger partial charge in [-0.15, -0.1) is 0 Å². The molecule has 1 N–H and O–H groups in total. The highest BCUT2D eigenvalue weighted by Gasteiger charge is 2.09. The van der Waals surface area contributed by atoms with Gasteiger partial charge >= 0.3 is 0 Å². The van der Waals surface area contributed by atoms with Gasteiger partial charge in [0.1, 0.15) is 0 Å². The Labute approximate surface area is 118 Å². The van der Waals surface area contributed by atoms with Crippen LogP contribution in [-0.4, -0.2) is 33.4 Å². The predicted octanol–water partition coefficient (Wildman–Crippen LogP) is 2.97. The van der Waals surface area contributed by atoms with Crippen molar-refractivity contribution in [3.05, 3.63) is 29.3 Å². The Morgan fingerprint density at radius 1 is 1.26 bits per heavy atom. The van der Waals surface area contributed by atoms with E-state index < -0.39 is 0 Å². The molecule has 0 aromatic heterocycles. The van der Waals surface area contributed by atoms with Crippen LogP contribution in [0.1, 0.15) is 31.4 Å². The van der Waals surface area contributed by atoms with Gasteiger partial charge in [0.05, 0.1) is 6.61 Å². The molecule has 1 rings (SSSR count). The van der Waals surface area contributed by atoms with E-state index in [4.69, 9.17) is 4.74 Å². The average Bonchev–Trinajstić information content (AvgIpc) is 2.42. The second-order valence-corrected chi connectivity index (χ2v) is 4.88. The van der Waals surface area contributed by atoms with Crippen molar-refractivity contribution >= 4 is 5.69 Å². The molecular weight excluding hydrogens is 236 g/mol. The molecule has 0 unspecified atom stereocenters. The summed E-state index contributed by atoms with van der Waals surface area (Å²) in [6.45, 7) is 11.3. The van der Waals surface area contributed by atoms with Gasteiger partial charge in [0.2, 0.25) is 0 Å². The minimum absolute atomic E-state index is 0.758. The van der Waals surface area contributed by atoms with Crippen LogP contribution in [0.3, 0.4) is 0 Å². The Morgan fingerprint density at radius 2 is 2.05 bits per heavy atom. The Bertz CT molecular complexity index is 366. The lowest BCUT2D eigenvalue weighted by atomic mass is 10.1. The van der Waals surface area contributed by atoms with Crippen molar-refractivity contribution in [2.24, 2.45) is 0 Å². The Hall–Kier alpha value is -1.06. The first kappa shape index (κ1) is 16.0. The summed E-state index contributed by atoms with van der Waals surface area (Å²) in [6, 6.07) is 6.74. The highest BCUT2D eigenvalue weighted by atomic mass is 16.5. The molecule has 19 heavy (non-hydrogen) atoms. The lowest BCUT2D eigenvalue weighted by Crippen LogP contribution is -2.26. The van der Waals surface area contributed by atoms with Gasteiger partial charge in [-0.2, -0.15) is 0 Å². The summed E-state index contributed by atoms with van der Waals surface area (Å²) in [4.78, 5) is 2.45. The van der Waals surface area contributed by atoms with Crippen LogP contribution in [0.25, 0.3) is 0 Å². The van der Waals surface area contributed by atoms with Gasteiger partial charge in [0.25, 0.3) is 0 Å². The monoisotopic (exact) mass is 264 g/mol. The molecule has 0 heterocycles. The normalized spacial score (nSPS) is 10.7. The molecule has 1 aromatic rings. The van der Waals surface area contributed by atoms with Crippen LogP contribution >= 0.6 is 0 Å². The van der Waals surface area contributed by atoms with Crippen molar-refractivity contribution < 1.29 is 4.74 Å². The van der Waals surface area contributed by atoms with Gasteiger partial charge in [0, 0.05) is 39.0 Å². The molecule has 0 atom stereocenters. The zero-order valence-corrected chi connectivity index (χ0v) is 12.8. The molecule has 0 bridgehead atoms. The van der Waals surface area contributed by atoms with Crippen LogP contribution in [0.2, 0.25) is 0 Å².